The maximum atomic E-state index is 13.2. The zero-order valence-corrected chi connectivity index (χ0v) is 13.8. The van der Waals surface area contributed by atoms with E-state index in [-0.39, 0.29) is 23.9 Å². The molecule has 6 heteroatoms. The first kappa shape index (κ1) is 17.8. The number of likely N-dealkylation sites (tertiary alicyclic amines) is 1. The van der Waals surface area contributed by atoms with E-state index in [0.717, 1.165) is 24.6 Å². The second-order valence-corrected chi connectivity index (χ2v) is 6.36. The zero-order chi connectivity index (χ0) is 17.9. The van der Waals surface area contributed by atoms with Crippen molar-refractivity contribution < 1.29 is 17.9 Å². The van der Waals surface area contributed by atoms with Crippen molar-refractivity contribution in [3.8, 4) is 0 Å². The molecule has 25 heavy (non-hydrogen) atoms. The molecule has 0 spiro atoms. The Morgan fingerprint density at radius 1 is 1.12 bits per heavy atom. The molecule has 1 aliphatic rings. The van der Waals surface area contributed by atoms with Gasteiger partial charge in [0.1, 0.15) is 0 Å². The first-order valence-electron chi connectivity index (χ1n) is 8.25. The minimum Gasteiger partial charge on any atom is -0.399 e. The highest BCUT2D eigenvalue weighted by Gasteiger charge is 2.34. The second-order valence-electron chi connectivity index (χ2n) is 6.36. The normalized spacial score (nSPS) is 18.6. The molecular weight excluding hydrogens is 329 g/mol. The number of nitrogen functional groups attached to an aromatic ring is 1. The summed E-state index contributed by atoms with van der Waals surface area (Å²) >= 11 is 0. The van der Waals surface area contributed by atoms with Crippen LogP contribution < -0.4 is 5.73 Å². The van der Waals surface area contributed by atoms with E-state index in [4.69, 9.17) is 10.5 Å². The number of ether oxygens (including phenoxy) is 1. The topological polar surface area (TPSA) is 38.5 Å². The molecule has 0 radical (unpaired) electrons. The van der Waals surface area contributed by atoms with Crippen LogP contribution in [0.3, 0.4) is 0 Å². The van der Waals surface area contributed by atoms with E-state index in [1.807, 2.05) is 35.2 Å². The van der Waals surface area contributed by atoms with Crippen molar-refractivity contribution in [3.05, 3.63) is 65.2 Å². The van der Waals surface area contributed by atoms with Crippen molar-refractivity contribution >= 4 is 5.69 Å². The molecule has 0 bridgehead atoms. The quantitative estimate of drug-likeness (QED) is 0.826. The molecule has 1 fully saturated rings. The number of nitrogens with two attached hydrogens (primary N) is 1. The van der Waals surface area contributed by atoms with Crippen LogP contribution >= 0.6 is 0 Å². The molecule has 134 valence electrons. The van der Waals surface area contributed by atoms with Crippen LogP contribution in [0.1, 0.15) is 23.1 Å². The minimum atomic E-state index is -4.40. The standard InChI is InChI=1S/C19H21F3N2O/c20-19(21,22)18-10-16(23)7-6-15(18)11-24-9-8-17(12-24)25-13-14-4-2-1-3-5-14/h1-7,10,17H,8-9,11-13,23H2/t17-/m1/s1. The molecule has 1 heterocycles. The van der Waals surface area contributed by atoms with E-state index >= 15 is 0 Å². The van der Waals surface area contributed by atoms with E-state index < -0.39 is 11.7 Å². The van der Waals surface area contributed by atoms with Gasteiger partial charge in [-0.2, -0.15) is 13.2 Å². The molecule has 0 aromatic heterocycles. The fourth-order valence-electron chi connectivity index (χ4n) is 3.10. The van der Waals surface area contributed by atoms with Crippen LogP contribution in [0, 0.1) is 0 Å². The Kier molecular flexibility index (Phi) is 5.30. The first-order valence-corrected chi connectivity index (χ1v) is 8.25. The monoisotopic (exact) mass is 350 g/mol. The van der Waals surface area contributed by atoms with Gasteiger partial charge in [-0.05, 0) is 29.7 Å². The summed E-state index contributed by atoms with van der Waals surface area (Å²) in [5.41, 5.74) is 6.34. The lowest BCUT2D eigenvalue weighted by molar-refractivity contribution is -0.138. The Hall–Kier alpha value is -2.05. The van der Waals surface area contributed by atoms with E-state index in [1.165, 1.54) is 12.1 Å². The summed E-state index contributed by atoms with van der Waals surface area (Å²) in [6.07, 6.45) is -3.53. The molecule has 1 atom stereocenters. The summed E-state index contributed by atoms with van der Waals surface area (Å²) in [7, 11) is 0. The third kappa shape index (κ3) is 4.74. The van der Waals surface area contributed by atoms with Gasteiger partial charge in [-0.1, -0.05) is 36.4 Å². The summed E-state index contributed by atoms with van der Waals surface area (Å²) in [5, 5.41) is 0. The van der Waals surface area contributed by atoms with Crippen molar-refractivity contribution in [1.29, 1.82) is 0 Å². The largest absolute Gasteiger partial charge is 0.416 e. The Morgan fingerprint density at radius 2 is 1.88 bits per heavy atom. The molecule has 1 saturated heterocycles. The molecule has 0 saturated carbocycles. The zero-order valence-electron chi connectivity index (χ0n) is 13.8. The number of anilines is 1. The van der Waals surface area contributed by atoms with E-state index in [1.54, 1.807) is 0 Å². The van der Waals surface area contributed by atoms with Gasteiger partial charge in [-0.15, -0.1) is 0 Å². The molecule has 0 unspecified atom stereocenters. The van der Waals surface area contributed by atoms with Crippen LogP contribution in [-0.2, 0) is 24.1 Å². The fraction of sp³-hybridized carbons (Fsp3) is 0.368. The molecule has 2 aromatic carbocycles. The van der Waals surface area contributed by atoms with Gasteiger partial charge in [0.2, 0.25) is 0 Å². The number of nitrogens with zero attached hydrogens (tertiary/aromatic N) is 1. The van der Waals surface area contributed by atoms with Crippen molar-refractivity contribution in [3.63, 3.8) is 0 Å². The predicted molar refractivity (Wildman–Crippen MR) is 90.8 cm³/mol. The lowest BCUT2D eigenvalue weighted by Gasteiger charge is -2.20. The van der Waals surface area contributed by atoms with E-state index in [2.05, 4.69) is 0 Å². The van der Waals surface area contributed by atoms with Gasteiger partial charge in [0, 0.05) is 25.3 Å². The smallest absolute Gasteiger partial charge is 0.399 e. The van der Waals surface area contributed by atoms with Gasteiger partial charge < -0.3 is 10.5 Å². The van der Waals surface area contributed by atoms with Crippen LogP contribution in [0.15, 0.2) is 48.5 Å². The van der Waals surface area contributed by atoms with Crippen LogP contribution in [0.25, 0.3) is 0 Å². The lowest BCUT2D eigenvalue weighted by Crippen LogP contribution is -2.24. The van der Waals surface area contributed by atoms with Gasteiger partial charge >= 0.3 is 6.18 Å². The predicted octanol–water partition coefficient (Wildman–Crippen LogP) is 4.08. The molecular formula is C19H21F3N2O. The maximum absolute atomic E-state index is 13.2. The van der Waals surface area contributed by atoms with E-state index in [0.29, 0.717) is 13.2 Å². The highest BCUT2D eigenvalue weighted by atomic mass is 19.4. The summed E-state index contributed by atoms with van der Waals surface area (Å²) < 4.78 is 45.5. The van der Waals surface area contributed by atoms with Crippen molar-refractivity contribution in [2.45, 2.75) is 31.9 Å². The third-order valence-corrected chi connectivity index (χ3v) is 4.39. The number of benzene rings is 2. The average Bonchev–Trinajstić information content (AvgIpc) is 3.02. The van der Waals surface area contributed by atoms with Crippen LogP contribution in [-0.4, -0.2) is 24.1 Å². The van der Waals surface area contributed by atoms with Gasteiger partial charge in [0.25, 0.3) is 0 Å². The number of rotatable bonds is 5. The first-order chi connectivity index (χ1) is 11.9. The highest BCUT2D eigenvalue weighted by molar-refractivity contribution is 5.46. The fourth-order valence-corrected chi connectivity index (χ4v) is 3.10. The molecule has 3 nitrogen and oxygen atoms in total. The van der Waals surface area contributed by atoms with E-state index in [9.17, 15) is 13.2 Å². The van der Waals surface area contributed by atoms with Crippen molar-refractivity contribution in [2.24, 2.45) is 0 Å². The summed E-state index contributed by atoms with van der Waals surface area (Å²) in [5.74, 6) is 0. The van der Waals surface area contributed by atoms with Crippen LogP contribution in [0.2, 0.25) is 0 Å². The van der Waals surface area contributed by atoms with Crippen LogP contribution in [0.5, 0.6) is 0 Å². The lowest BCUT2D eigenvalue weighted by atomic mass is 10.1. The molecule has 2 aromatic rings. The van der Waals surface area contributed by atoms with Crippen molar-refractivity contribution in [1.82, 2.24) is 4.90 Å². The maximum Gasteiger partial charge on any atom is 0.416 e. The van der Waals surface area contributed by atoms with Gasteiger partial charge in [-0.3, -0.25) is 4.90 Å². The number of hydrogen-bond acceptors (Lipinski definition) is 3. The minimum absolute atomic E-state index is 0.0447. The Bertz CT molecular complexity index is 704. The summed E-state index contributed by atoms with van der Waals surface area (Å²) in [6, 6.07) is 13.9. The second kappa shape index (κ2) is 7.45. The Labute approximate surface area is 145 Å². The number of hydrogen-bond donors (Lipinski definition) is 1. The molecule has 1 aliphatic heterocycles. The number of halogens is 3. The van der Waals surface area contributed by atoms with Crippen LogP contribution in [0.4, 0.5) is 18.9 Å². The highest BCUT2D eigenvalue weighted by Crippen LogP contribution is 2.34. The number of alkyl halides is 3. The summed E-state index contributed by atoms with van der Waals surface area (Å²) in [6.45, 7) is 2.13. The Morgan fingerprint density at radius 3 is 2.60 bits per heavy atom. The molecule has 0 amide bonds. The average molecular weight is 350 g/mol. The summed E-state index contributed by atoms with van der Waals surface area (Å²) in [4.78, 5) is 2.00. The van der Waals surface area contributed by atoms with Gasteiger partial charge in [-0.25, -0.2) is 0 Å². The Balaban J connectivity index is 1.58. The van der Waals surface area contributed by atoms with Gasteiger partial charge in [0.15, 0.2) is 0 Å². The van der Waals surface area contributed by atoms with Crippen molar-refractivity contribution in [2.75, 3.05) is 18.8 Å². The SMILES string of the molecule is Nc1ccc(CN2CC[C@@H](OCc3ccccc3)C2)c(C(F)(F)F)c1. The molecule has 2 N–H and O–H groups in total. The van der Waals surface area contributed by atoms with Gasteiger partial charge in [0.05, 0.1) is 18.3 Å². The molecule has 0 aliphatic carbocycles. The third-order valence-electron chi connectivity index (χ3n) is 4.39. The molecule has 3 rings (SSSR count).